The average molecular weight is 1120 g/mol. The fraction of sp³-hybridized carbons (Fsp3) is 0.667. The highest BCUT2D eigenvalue weighted by molar-refractivity contribution is 5.71. The second kappa shape index (κ2) is 68.1. The molecule has 6 heteroatoms. The van der Waals surface area contributed by atoms with E-state index in [1.54, 1.807) is 0 Å². The molecule has 0 spiro atoms. The van der Waals surface area contributed by atoms with Gasteiger partial charge in [0.2, 0.25) is 0 Å². The van der Waals surface area contributed by atoms with Gasteiger partial charge in [0.15, 0.2) is 6.10 Å². The van der Waals surface area contributed by atoms with Gasteiger partial charge in [-0.05, 0) is 135 Å². The van der Waals surface area contributed by atoms with Crippen LogP contribution in [0.2, 0.25) is 0 Å². The second-order valence-electron chi connectivity index (χ2n) is 22.0. The second-order valence-corrected chi connectivity index (χ2v) is 22.0. The lowest BCUT2D eigenvalue weighted by Gasteiger charge is -2.18. The van der Waals surface area contributed by atoms with Crippen molar-refractivity contribution in [3.05, 3.63) is 134 Å². The van der Waals surface area contributed by atoms with Gasteiger partial charge in [-0.1, -0.05) is 283 Å². The van der Waals surface area contributed by atoms with E-state index in [1.165, 1.54) is 141 Å². The number of ether oxygens (including phenoxy) is 3. The van der Waals surface area contributed by atoms with Crippen molar-refractivity contribution in [1.82, 2.24) is 0 Å². The lowest BCUT2D eigenvalue weighted by molar-refractivity contribution is -0.167. The van der Waals surface area contributed by atoms with Crippen LogP contribution in [0.25, 0.3) is 0 Å². The zero-order valence-corrected chi connectivity index (χ0v) is 52.8. The first kappa shape index (κ1) is 76.5. The molecule has 0 aromatic carbocycles. The van der Waals surface area contributed by atoms with E-state index in [1.807, 2.05) is 0 Å². The first-order chi connectivity index (χ1) is 40.0. The van der Waals surface area contributed by atoms with Crippen LogP contribution in [0.3, 0.4) is 0 Å². The lowest BCUT2D eigenvalue weighted by Crippen LogP contribution is -2.30. The summed E-state index contributed by atoms with van der Waals surface area (Å²) >= 11 is 0. The van der Waals surface area contributed by atoms with Crippen molar-refractivity contribution in [2.75, 3.05) is 13.2 Å². The predicted molar refractivity (Wildman–Crippen MR) is 353 cm³/mol. The van der Waals surface area contributed by atoms with Crippen LogP contribution in [0.15, 0.2) is 134 Å². The van der Waals surface area contributed by atoms with Gasteiger partial charge in [0.05, 0.1) is 0 Å². The van der Waals surface area contributed by atoms with Gasteiger partial charge in [-0.2, -0.15) is 0 Å². The third kappa shape index (κ3) is 66.2. The van der Waals surface area contributed by atoms with Gasteiger partial charge in [-0.25, -0.2) is 0 Å². The molecule has 0 aromatic rings. The van der Waals surface area contributed by atoms with Crippen LogP contribution in [-0.2, 0) is 28.6 Å². The van der Waals surface area contributed by atoms with E-state index < -0.39 is 6.10 Å². The highest BCUT2D eigenvalue weighted by Gasteiger charge is 2.19. The lowest BCUT2D eigenvalue weighted by atomic mass is 10.0. The number of hydrogen-bond acceptors (Lipinski definition) is 6. The van der Waals surface area contributed by atoms with Gasteiger partial charge in [0.25, 0.3) is 0 Å². The van der Waals surface area contributed by atoms with Crippen LogP contribution >= 0.6 is 0 Å². The molecule has 460 valence electrons. The molecule has 1 atom stereocenters. The Hall–Kier alpha value is -4.45. The standard InChI is InChI=1S/C75H124O6/c1-4-7-10-13-16-19-22-25-28-30-32-34-35-36-37-38-39-41-42-44-47-50-53-56-59-62-65-68-74(77)80-71-72(70-79-73(76)67-64-61-58-55-52-49-46-27-24-21-18-15-12-9-6-3)81-75(78)69-66-63-60-57-54-51-48-45-43-40-33-31-29-26-23-20-17-14-11-8-5-2/h8-9,11-12,17-18,20-21,26-27,29-30,32-33,40,45-46,48,52,54-55,57,72H,4-7,10,13-16,19,22-25,28,31,34-39,41-44,47,49-51,53,56,58-71H2,1-3H3/b11-8-,12-9-,20-17-,21-18-,29-26-,32-30-,40-33-,46-27-,48-45-,55-52-,57-54-. The molecule has 0 rings (SSSR count). The van der Waals surface area contributed by atoms with E-state index >= 15 is 0 Å². The zero-order valence-electron chi connectivity index (χ0n) is 52.8. The Kier molecular flexibility index (Phi) is 64.3. The summed E-state index contributed by atoms with van der Waals surface area (Å²) in [5.41, 5.74) is 0. The van der Waals surface area contributed by atoms with Crippen molar-refractivity contribution in [3.8, 4) is 0 Å². The fourth-order valence-electron chi connectivity index (χ4n) is 9.14. The van der Waals surface area contributed by atoms with Crippen molar-refractivity contribution in [3.63, 3.8) is 0 Å². The molecule has 0 radical (unpaired) electrons. The first-order valence-electron chi connectivity index (χ1n) is 33.7. The number of allylic oxidation sites excluding steroid dienone is 22. The maximum Gasteiger partial charge on any atom is 0.306 e. The molecule has 0 aliphatic heterocycles. The molecular formula is C75H124O6. The van der Waals surface area contributed by atoms with Crippen LogP contribution in [0.5, 0.6) is 0 Å². The van der Waals surface area contributed by atoms with E-state index in [0.717, 1.165) is 109 Å². The summed E-state index contributed by atoms with van der Waals surface area (Å²) in [4.78, 5) is 38.4. The maximum absolute atomic E-state index is 12.9. The molecule has 0 aliphatic carbocycles. The van der Waals surface area contributed by atoms with Crippen LogP contribution < -0.4 is 0 Å². The number of carbonyl (C=O) groups is 3. The van der Waals surface area contributed by atoms with Gasteiger partial charge >= 0.3 is 17.9 Å². The number of hydrogen-bond donors (Lipinski definition) is 0. The Balaban J connectivity index is 4.41. The molecular weight excluding hydrogens is 997 g/mol. The molecule has 81 heavy (non-hydrogen) atoms. The minimum absolute atomic E-state index is 0.112. The Morgan fingerprint density at radius 1 is 0.259 bits per heavy atom. The molecule has 0 saturated heterocycles. The third-order valence-electron chi connectivity index (χ3n) is 14.1. The molecule has 0 heterocycles. The molecule has 0 bridgehead atoms. The minimum Gasteiger partial charge on any atom is -0.462 e. The van der Waals surface area contributed by atoms with Gasteiger partial charge in [-0.3, -0.25) is 14.4 Å². The number of esters is 3. The summed E-state index contributed by atoms with van der Waals surface area (Å²) in [5.74, 6) is -0.995. The molecule has 1 unspecified atom stereocenters. The Bertz CT molecular complexity index is 1720. The zero-order chi connectivity index (χ0) is 58.5. The Morgan fingerprint density at radius 2 is 0.481 bits per heavy atom. The Morgan fingerprint density at radius 3 is 0.790 bits per heavy atom. The SMILES string of the molecule is CC/C=C\C/C=C\C/C=C\C/C=C\C/C=C\C/C=C\CCCCC(=O)OC(COC(=O)CCCC/C=C\C/C=C\C/C=C\C/C=C\CC)COC(=O)CCCCCCCCCCCCCCCCC/C=C\CCCCCCCCCC. The van der Waals surface area contributed by atoms with E-state index in [9.17, 15) is 14.4 Å². The van der Waals surface area contributed by atoms with Crippen molar-refractivity contribution in [1.29, 1.82) is 0 Å². The van der Waals surface area contributed by atoms with Crippen molar-refractivity contribution < 1.29 is 28.6 Å². The largest absolute Gasteiger partial charge is 0.462 e. The third-order valence-corrected chi connectivity index (χ3v) is 14.1. The average Bonchev–Trinajstić information content (AvgIpc) is 3.47. The van der Waals surface area contributed by atoms with E-state index in [-0.39, 0.29) is 37.5 Å². The molecule has 0 aliphatic rings. The van der Waals surface area contributed by atoms with Crippen molar-refractivity contribution in [2.24, 2.45) is 0 Å². The van der Waals surface area contributed by atoms with Crippen LogP contribution in [0, 0.1) is 0 Å². The smallest absolute Gasteiger partial charge is 0.306 e. The topological polar surface area (TPSA) is 78.9 Å². The number of carbonyl (C=O) groups excluding carboxylic acids is 3. The van der Waals surface area contributed by atoms with Crippen molar-refractivity contribution >= 4 is 17.9 Å². The number of rotatable bonds is 60. The quantitative estimate of drug-likeness (QED) is 0.0261. The van der Waals surface area contributed by atoms with E-state index in [2.05, 4.69) is 154 Å². The molecule has 0 fully saturated rings. The van der Waals surface area contributed by atoms with E-state index in [0.29, 0.717) is 25.7 Å². The summed E-state index contributed by atoms with van der Waals surface area (Å²) in [7, 11) is 0. The summed E-state index contributed by atoms with van der Waals surface area (Å²) in [6.45, 7) is 6.36. The van der Waals surface area contributed by atoms with Crippen LogP contribution in [0.4, 0.5) is 0 Å². The molecule has 0 saturated carbocycles. The van der Waals surface area contributed by atoms with E-state index in [4.69, 9.17) is 14.2 Å². The van der Waals surface area contributed by atoms with Gasteiger partial charge in [0, 0.05) is 19.3 Å². The summed E-state index contributed by atoms with van der Waals surface area (Å²) in [5, 5.41) is 0. The van der Waals surface area contributed by atoms with Gasteiger partial charge in [0.1, 0.15) is 13.2 Å². The fourth-order valence-corrected chi connectivity index (χ4v) is 9.14. The van der Waals surface area contributed by atoms with Crippen LogP contribution in [0.1, 0.15) is 303 Å². The number of unbranched alkanes of at least 4 members (excludes halogenated alkanes) is 27. The normalized spacial score (nSPS) is 13.0. The molecule has 6 nitrogen and oxygen atoms in total. The highest BCUT2D eigenvalue weighted by Crippen LogP contribution is 2.16. The van der Waals surface area contributed by atoms with Gasteiger partial charge in [-0.15, -0.1) is 0 Å². The summed E-state index contributed by atoms with van der Waals surface area (Å²) < 4.78 is 16.9. The maximum atomic E-state index is 12.9. The highest BCUT2D eigenvalue weighted by atomic mass is 16.6. The molecule has 0 amide bonds. The predicted octanol–water partition coefficient (Wildman–Crippen LogP) is 23.3. The first-order valence-corrected chi connectivity index (χ1v) is 33.7. The van der Waals surface area contributed by atoms with Crippen LogP contribution in [-0.4, -0.2) is 37.2 Å². The Labute approximate surface area is 500 Å². The van der Waals surface area contributed by atoms with Crippen molar-refractivity contribution in [2.45, 2.75) is 309 Å². The minimum atomic E-state index is -0.824. The van der Waals surface area contributed by atoms with Gasteiger partial charge < -0.3 is 14.2 Å². The molecule has 0 aromatic heterocycles. The molecule has 0 N–H and O–H groups in total. The summed E-state index contributed by atoms with van der Waals surface area (Å²) in [6, 6.07) is 0. The summed E-state index contributed by atoms with van der Waals surface area (Å²) in [6.07, 6.45) is 96.2. The monoisotopic (exact) mass is 1120 g/mol.